The van der Waals surface area contributed by atoms with Crippen molar-refractivity contribution in [1.82, 2.24) is 10.9 Å². The molecule has 0 heterocycles. The van der Waals surface area contributed by atoms with Crippen molar-refractivity contribution >= 4 is 11.8 Å². The van der Waals surface area contributed by atoms with Gasteiger partial charge in [0.05, 0.1) is 14.2 Å². The van der Waals surface area contributed by atoms with Crippen molar-refractivity contribution in [3.63, 3.8) is 0 Å². The summed E-state index contributed by atoms with van der Waals surface area (Å²) in [5.41, 5.74) is 6.49. The second-order valence-electron chi connectivity index (χ2n) is 6.31. The van der Waals surface area contributed by atoms with Gasteiger partial charge in [-0.25, -0.2) is 0 Å². The fourth-order valence-electron chi connectivity index (χ4n) is 2.64. The van der Waals surface area contributed by atoms with Gasteiger partial charge in [0, 0.05) is 17.2 Å². The van der Waals surface area contributed by atoms with Crippen LogP contribution in [0.3, 0.4) is 0 Å². The van der Waals surface area contributed by atoms with Crippen molar-refractivity contribution in [2.45, 2.75) is 6.61 Å². The molecule has 0 radical (unpaired) electrons. The molecule has 3 aromatic carbocycles. The molecule has 7 heteroatoms. The molecule has 0 bridgehead atoms. The monoisotopic (exact) mass is 406 g/mol. The molecule has 154 valence electrons. The van der Waals surface area contributed by atoms with E-state index in [-0.39, 0.29) is 5.56 Å². The van der Waals surface area contributed by atoms with E-state index in [4.69, 9.17) is 14.2 Å². The van der Waals surface area contributed by atoms with Gasteiger partial charge in [0.1, 0.15) is 23.9 Å². The van der Waals surface area contributed by atoms with Gasteiger partial charge in [-0.05, 0) is 42.0 Å². The maximum Gasteiger partial charge on any atom is 0.269 e. The number of hydrazine groups is 1. The first-order chi connectivity index (χ1) is 14.6. The van der Waals surface area contributed by atoms with Crippen LogP contribution < -0.4 is 25.1 Å². The Morgan fingerprint density at radius 1 is 0.700 bits per heavy atom. The number of rotatable bonds is 7. The van der Waals surface area contributed by atoms with Crippen molar-refractivity contribution in [1.29, 1.82) is 0 Å². The minimum atomic E-state index is -0.497. The van der Waals surface area contributed by atoms with E-state index in [2.05, 4.69) is 10.9 Å². The molecule has 0 fully saturated rings. The summed E-state index contributed by atoms with van der Waals surface area (Å²) in [4.78, 5) is 24.6. The number of amides is 2. The smallest absolute Gasteiger partial charge is 0.269 e. The first-order valence-electron chi connectivity index (χ1n) is 9.19. The van der Waals surface area contributed by atoms with Crippen molar-refractivity contribution in [2.75, 3.05) is 14.2 Å². The molecule has 3 rings (SSSR count). The van der Waals surface area contributed by atoms with Crippen molar-refractivity contribution in [3.05, 3.63) is 89.5 Å². The second-order valence-corrected chi connectivity index (χ2v) is 6.31. The van der Waals surface area contributed by atoms with E-state index in [0.29, 0.717) is 29.4 Å². The molecular formula is C23H22N2O5. The Labute approximate surface area is 174 Å². The second kappa shape index (κ2) is 9.97. The fraction of sp³-hybridized carbons (Fsp3) is 0.130. The zero-order valence-electron chi connectivity index (χ0n) is 16.7. The summed E-state index contributed by atoms with van der Waals surface area (Å²) < 4.78 is 16.0. The molecule has 30 heavy (non-hydrogen) atoms. The number of hydrogen-bond donors (Lipinski definition) is 2. The highest BCUT2D eigenvalue weighted by Gasteiger charge is 2.12. The van der Waals surface area contributed by atoms with Crippen molar-refractivity contribution in [2.24, 2.45) is 0 Å². The van der Waals surface area contributed by atoms with Gasteiger partial charge < -0.3 is 14.2 Å². The fourth-order valence-corrected chi connectivity index (χ4v) is 2.64. The Bertz CT molecular complexity index is 982. The van der Waals surface area contributed by atoms with Crippen LogP contribution in [-0.2, 0) is 6.61 Å². The normalized spacial score (nSPS) is 10.1. The lowest BCUT2D eigenvalue weighted by Gasteiger charge is -2.11. The third kappa shape index (κ3) is 5.51. The number of hydrogen-bond acceptors (Lipinski definition) is 5. The molecule has 0 saturated carbocycles. The molecule has 0 atom stereocenters. The van der Waals surface area contributed by atoms with Crippen molar-refractivity contribution < 1.29 is 23.8 Å². The first kappa shape index (κ1) is 20.7. The van der Waals surface area contributed by atoms with Gasteiger partial charge in [0.25, 0.3) is 11.8 Å². The van der Waals surface area contributed by atoms with E-state index in [1.807, 2.05) is 30.3 Å². The minimum Gasteiger partial charge on any atom is -0.497 e. The number of nitrogens with one attached hydrogen (secondary N) is 2. The Morgan fingerprint density at radius 3 is 1.83 bits per heavy atom. The number of ether oxygens (including phenoxy) is 3. The van der Waals surface area contributed by atoms with Gasteiger partial charge in [0.15, 0.2) is 0 Å². The Hall–Kier alpha value is -4.00. The van der Waals surface area contributed by atoms with E-state index >= 15 is 0 Å². The van der Waals surface area contributed by atoms with Gasteiger partial charge >= 0.3 is 0 Å². The standard InChI is InChI=1S/C23H22N2O5/c1-28-20-12-18(13-21(14-20)29-2)23(27)25-24-22(26)17-8-10-19(11-9-17)30-15-16-6-4-3-5-7-16/h3-14H,15H2,1-2H3,(H,24,26)(H,25,27). The quantitative estimate of drug-likeness (QED) is 0.588. The summed E-state index contributed by atoms with van der Waals surface area (Å²) in [5.74, 6) is 0.632. The number of carbonyl (C=O) groups is 2. The van der Waals surface area contributed by atoms with Crippen LogP contribution in [0.4, 0.5) is 0 Å². The molecule has 0 aliphatic heterocycles. The number of carbonyl (C=O) groups excluding carboxylic acids is 2. The minimum absolute atomic E-state index is 0.288. The van der Waals surface area contributed by atoms with Crippen LogP contribution >= 0.6 is 0 Å². The van der Waals surface area contributed by atoms with Gasteiger partial charge in [0.2, 0.25) is 0 Å². The van der Waals surface area contributed by atoms with E-state index in [0.717, 1.165) is 5.56 Å². The topological polar surface area (TPSA) is 85.9 Å². The lowest BCUT2D eigenvalue weighted by atomic mass is 10.2. The molecule has 0 aliphatic carbocycles. The lowest BCUT2D eigenvalue weighted by Crippen LogP contribution is -2.41. The molecule has 0 unspecified atom stereocenters. The van der Waals surface area contributed by atoms with Crippen LogP contribution in [0.15, 0.2) is 72.8 Å². The Kier molecular flexibility index (Phi) is 6.89. The van der Waals surface area contributed by atoms with Crippen molar-refractivity contribution in [3.8, 4) is 17.2 Å². The Balaban J connectivity index is 1.55. The van der Waals surface area contributed by atoms with Crippen LogP contribution in [0, 0.1) is 0 Å². The van der Waals surface area contributed by atoms with Crippen LogP contribution in [0.25, 0.3) is 0 Å². The first-order valence-corrected chi connectivity index (χ1v) is 9.19. The molecule has 0 aromatic heterocycles. The molecule has 7 nitrogen and oxygen atoms in total. The average molecular weight is 406 g/mol. The SMILES string of the molecule is COc1cc(OC)cc(C(=O)NNC(=O)c2ccc(OCc3ccccc3)cc2)c1. The summed E-state index contributed by atoms with van der Waals surface area (Å²) in [5, 5.41) is 0. The summed E-state index contributed by atoms with van der Waals surface area (Å²) in [6.45, 7) is 0.437. The zero-order chi connectivity index (χ0) is 21.3. The highest BCUT2D eigenvalue weighted by atomic mass is 16.5. The Morgan fingerprint density at radius 2 is 1.27 bits per heavy atom. The number of benzene rings is 3. The van der Waals surface area contributed by atoms with Gasteiger partial charge in [-0.1, -0.05) is 30.3 Å². The summed E-state index contributed by atoms with van der Waals surface area (Å²) >= 11 is 0. The van der Waals surface area contributed by atoms with Crippen LogP contribution in [0.2, 0.25) is 0 Å². The lowest BCUT2D eigenvalue weighted by molar-refractivity contribution is 0.0846. The molecule has 2 amide bonds. The average Bonchev–Trinajstić information content (AvgIpc) is 2.81. The van der Waals surface area contributed by atoms with Crippen LogP contribution in [0.5, 0.6) is 17.2 Å². The summed E-state index contributed by atoms with van der Waals surface area (Å²) in [6.07, 6.45) is 0. The maximum absolute atomic E-state index is 12.3. The highest BCUT2D eigenvalue weighted by molar-refractivity contribution is 5.99. The third-order valence-electron chi connectivity index (χ3n) is 4.27. The third-order valence-corrected chi connectivity index (χ3v) is 4.27. The molecule has 0 spiro atoms. The van der Waals surface area contributed by atoms with Gasteiger partial charge in [-0.2, -0.15) is 0 Å². The predicted octanol–water partition coefficient (Wildman–Crippen LogP) is 3.36. The number of methoxy groups -OCH3 is 2. The molecule has 2 N–H and O–H groups in total. The van der Waals surface area contributed by atoms with E-state index in [1.165, 1.54) is 14.2 Å². The van der Waals surface area contributed by atoms with E-state index < -0.39 is 11.8 Å². The van der Waals surface area contributed by atoms with Gasteiger partial charge in [-0.3, -0.25) is 20.4 Å². The molecular weight excluding hydrogens is 384 g/mol. The summed E-state index contributed by atoms with van der Waals surface area (Å²) in [7, 11) is 2.98. The van der Waals surface area contributed by atoms with E-state index in [9.17, 15) is 9.59 Å². The molecule has 0 aliphatic rings. The van der Waals surface area contributed by atoms with Crippen LogP contribution in [-0.4, -0.2) is 26.0 Å². The highest BCUT2D eigenvalue weighted by Crippen LogP contribution is 2.22. The summed E-state index contributed by atoms with van der Waals surface area (Å²) in [6, 6.07) is 21.2. The molecule has 3 aromatic rings. The largest absolute Gasteiger partial charge is 0.497 e. The predicted molar refractivity (Wildman–Crippen MR) is 112 cm³/mol. The molecule has 0 saturated heterocycles. The van der Waals surface area contributed by atoms with E-state index in [1.54, 1.807) is 42.5 Å². The van der Waals surface area contributed by atoms with Gasteiger partial charge in [-0.15, -0.1) is 0 Å². The zero-order valence-corrected chi connectivity index (χ0v) is 16.7. The van der Waals surface area contributed by atoms with Crippen LogP contribution in [0.1, 0.15) is 26.3 Å². The maximum atomic E-state index is 12.3.